The maximum Gasteiger partial charge on any atom is 0.0564 e. The molecule has 0 aromatic heterocycles. The molecule has 2 aliphatic rings. The topological polar surface area (TPSA) is 44.5 Å². The number of ether oxygens (including phenoxy) is 2. The first-order valence-electron chi connectivity index (χ1n) is 5.02. The van der Waals surface area contributed by atoms with Crippen LogP contribution >= 0.6 is 0 Å². The summed E-state index contributed by atoms with van der Waals surface area (Å²) in [6.07, 6.45) is 0. The lowest BCUT2D eigenvalue weighted by Crippen LogP contribution is -2.68. The van der Waals surface area contributed by atoms with E-state index in [2.05, 4.69) is 13.8 Å². The van der Waals surface area contributed by atoms with Crippen LogP contribution < -0.4 is 5.73 Å². The first-order valence-corrected chi connectivity index (χ1v) is 5.02. The zero-order chi connectivity index (χ0) is 9.53. The molecule has 0 saturated carbocycles. The van der Waals surface area contributed by atoms with Crippen LogP contribution in [-0.4, -0.2) is 33.0 Å². The average molecular weight is 185 g/mol. The van der Waals surface area contributed by atoms with Crippen molar-refractivity contribution in [3.63, 3.8) is 0 Å². The second-order valence-corrected chi connectivity index (χ2v) is 4.78. The lowest BCUT2D eigenvalue weighted by molar-refractivity contribution is -0.280. The van der Waals surface area contributed by atoms with Crippen LogP contribution in [0.4, 0.5) is 0 Å². The third-order valence-electron chi connectivity index (χ3n) is 4.03. The van der Waals surface area contributed by atoms with Crippen LogP contribution in [-0.2, 0) is 9.47 Å². The molecule has 76 valence electrons. The average Bonchev–Trinajstić information content (AvgIpc) is 1.91. The minimum atomic E-state index is 0.208. The summed E-state index contributed by atoms with van der Waals surface area (Å²) in [4.78, 5) is 0. The van der Waals surface area contributed by atoms with Crippen LogP contribution in [0.5, 0.6) is 0 Å². The number of rotatable bonds is 3. The van der Waals surface area contributed by atoms with Crippen molar-refractivity contribution in [1.29, 1.82) is 0 Å². The van der Waals surface area contributed by atoms with Gasteiger partial charge in [-0.15, -0.1) is 0 Å². The highest BCUT2D eigenvalue weighted by Gasteiger charge is 2.60. The van der Waals surface area contributed by atoms with Gasteiger partial charge in [-0.25, -0.2) is 0 Å². The minimum Gasteiger partial charge on any atom is -0.380 e. The summed E-state index contributed by atoms with van der Waals surface area (Å²) in [6.45, 7) is 8.64. The summed E-state index contributed by atoms with van der Waals surface area (Å²) in [5.41, 5.74) is 6.37. The van der Waals surface area contributed by atoms with Crippen LogP contribution in [0.2, 0.25) is 0 Å². The molecule has 0 spiro atoms. The van der Waals surface area contributed by atoms with E-state index in [9.17, 15) is 0 Å². The fourth-order valence-electron chi connectivity index (χ4n) is 2.53. The Labute approximate surface area is 79.6 Å². The van der Waals surface area contributed by atoms with Crippen molar-refractivity contribution in [3.8, 4) is 0 Å². The van der Waals surface area contributed by atoms with Gasteiger partial charge in [0.1, 0.15) is 0 Å². The van der Waals surface area contributed by atoms with Gasteiger partial charge in [-0.05, 0) is 5.92 Å². The lowest BCUT2D eigenvalue weighted by atomic mass is 9.55. The summed E-state index contributed by atoms with van der Waals surface area (Å²) in [6, 6.07) is 0. The molecule has 0 unspecified atom stereocenters. The second-order valence-electron chi connectivity index (χ2n) is 4.78. The SMILES string of the molecule is CC(C)C1(C2(CN)COC2)COC1. The van der Waals surface area contributed by atoms with Crippen LogP contribution in [0, 0.1) is 16.7 Å². The Morgan fingerprint density at radius 3 is 1.77 bits per heavy atom. The highest BCUT2D eigenvalue weighted by Crippen LogP contribution is 2.53. The van der Waals surface area contributed by atoms with Crippen molar-refractivity contribution in [3.05, 3.63) is 0 Å². The maximum absolute atomic E-state index is 5.87. The molecule has 2 fully saturated rings. The second kappa shape index (κ2) is 2.94. The molecule has 2 aliphatic heterocycles. The molecule has 2 heterocycles. The number of hydrogen-bond donors (Lipinski definition) is 1. The summed E-state index contributed by atoms with van der Waals surface area (Å²) in [5, 5.41) is 0. The van der Waals surface area contributed by atoms with Gasteiger partial charge in [-0.3, -0.25) is 0 Å². The normalized spacial score (nSPS) is 29.5. The van der Waals surface area contributed by atoms with Gasteiger partial charge in [0.15, 0.2) is 0 Å². The Balaban J connectivity index is 2.19. The first-order chi connectivity index (χ1) is 6.17. The van der Waals surface area contributed by atoms with Crippen LogP contribution in [0.25, 0.3) is 0 Å². The highest BCUT2D eigenvalue weighted by molar-refractivity contribution is 5.07. The zero-order valence-electron chi connectivity index (χ0n) is 8.51. The van der Waals surface area contributed by atoms with Crippen molar-refractivity contribution < 1.29 is 9.47 Å². The van der Waals surface area contributed by atoms with E-state index in [1.54, 1.807) is 0 Å². The molecule has 3 heteroatoms. The number of nitrogens with two attached hydrogens (primary N) is 1. The van der Waals surface area contributed by atoms with Gasteiger partial charge in [0.25, 0.3) is 0 Å². The molecule has 2 rings (SSSR count). The molecule has 0 aliphatic carbocycles. The van der Waals surface area contributed by atoms with E-state index < -0.39 is 0 Å². The molecular weight excluding hydrogens is 166 g/mol. The van der Waals surface area contributed by atoms with Gasteiger partial charge in [0, 0.05) is 17.4 Å². The number of hydrogen-bond acceptors (Lipinski definition) is 3. The van der Waals surface area contributed by atoms with E-state index in [-0.39, 0.29) is 5.41 Å². The van der Waals surface area contributed by atoms with Crippen molar-refractivity contribution >= 4 is 0 Å². The molecule has 0 radical (unpaired) electrons. The van der Waals surface area contributed by atoms with Gasteiger partial charge >= 0.3 is 0 Å². The van der Waals surface area contributed by atoms with Gasteiger partial charge < -0.3 is 15.2 Å². The molecule has 0 aromatic rings. The van der Waals surface area contributed by atoms with E-state index in [1.807, 2.05) is 0 Å². The maximum atomic E-state index is 5.87. The van der Waals surface area contributed by atoms with E-state index >= 15 is 0 Å². The Morgan fingerprint density at radius 2 is 1.69 bits per heavy atom. The molecule has 13 heavy (non-hydrogen) atoms. The predicted molar refractivity (Wildman–Crippen MR) is 50.4 cm³/mol. The molecule has 2 saturated heterocycles. The van der Waals surface area contributed by atoms with Crippen LogP contribution in [0.3, 0.4) is 0 Å². The Morgan fingerprint density at radius 1 is 1.15 bits per heavy atom. The zero-order valence-corrected chi connectivity index (χ0v) is 8.51. The fraction of sp³-hybridized carbons (Fsp3) is 1.00. The summed E-state index contributed by atoms with van der Waals surface area (Å²) < 4.78 is 10.7. The van der Waals surface area contributed by atoms with Gasteiger partial charge in [-0.2, -0.15) is 0 Å². The van der Waals surface area contributed by atoms with E-state index in [0.717, 1.165) is 33.0 Å². The third-order valence-corrected chi connectivity index (χ3v) is 4.03. The lowest BCUT2D eigenvalue weighted by Gasteiger charge is -2.61. The smallest absolute Gasteiger partial charge is 0.0564 e. The van der Waals surface area contributed by atoms with E-state index in [1.165, 1.54) is 0 Å². The highest BCUT2D eigenvalue weighted by atomic mass is 16.5. The van der Waals surface area contributed by atoms with Crippen molar-refractivity contribution in [2.75, 3.05) is 33.0 Å². The molecule has 2 N–H and O–H groups in total. The van der Waals surface area contributed by atoms with Crippen molar-refractivity contribution in [2.24, 2.45) is 22.5 Å². The summed E-state index contributed by atoms with van der Waals surface area (Å²) in [5.74, 6) is 0.633. The summed E-state index contributed by atoms with van der Waals surface area (Å²) in [7, 11) is 0. The Hall–Kier alpha value is -0.120. The molecule has 3 nitrogen and oxygen atoms in total. The molecule has 0 amide bonds. The molecule has 0 aromatic carbocycles. The largest absolute Gasteiger partial charge is 0.380 e. The van der Waals surface area contributed by atoms with Crippen molar-refractivity contribution in [1.82, 2.24) is 0 Å². The Bertz CT molecular complexity index is 190. The van der Waals surface area contributed by atoms with E-state index in [4.69, 9.17) is 15.2 Å². The monoisotopic (exact) mass is 185 g/mol. The van der Waals surface area contributed by atoms with Gasteiger partial charge in [-0.1, -0.05) is 13.8 Å². The molecule has 0 bridgehead atoms. The standard InChI is InChI=1S/C10H19NO2/c1-8(2)10(6-13-7-10)9(3-11)4-12-5-9/h8H,3-7,11H2,1-2H3. The van der Waals surface area contributed by atoms with E-state index in [0.29, 0.717) is 11.3 Å². The minimum absolute atomic E-state index is 0.208. The summed E-state index contributed by atoms with van der Waals surface area (Å²) >= 11 is 0. The molecule has 0 atom stereocenters. The first kappa shape index (κ1) is 9.44. The van der Waals surface area contributed by atoms with Gasteiger partial charge in [0.2, 0.25) is 0 Å². The molecular formula is C10H19NO2. The van der Waals surface area contributed by atoms with Gasteiger partial charge in [0.05, 0.1) is 26.4 Å². The quantitative estimate of drug-likeness (QED) is 0.701. The predicted octanol–water partition coefficient (Wildman–Crippen LogP) is 0.634. The third kappa shape index (κ3) is 1.01. The fourth-order valence-corrected chi connectivity index (χ4v) is 2.53. The van der Waals surface area contributed by atoms with Crippen LogP contribution in [0.1, 0.15) is 13.8 Å². The van der Waals surface area contributed by atoms with Crippen LogP contribution in [0.15, 0.2) is 0 Å². The Kier molecular flexibility index (Phi) is 2.13. The van der Waals surface area contributed by atoms with Crippen molar-refractivity contribution in [2.45, 2.75) is 13.8 Å².